The van der Waals surface area contributed by atoms with Gasteiger partial charge in [-0.1, -0.05) is 19.1 Å². The zero-order valence-corrected chi connectivity index (χ0v) is 13.8. The molecule has 0 radical (unpaired) electrons. The number of nitrogens with zero attached hydrogens (tertiary/aromatic N) is 1. The Bertz CT molecular complexity index is 464. The largest absolute Gasteiger partial charge is 0.494 e. The summed E-state index contributed by atoms with van der Waals surface area (Å²) in [6, 6.07) is 8.00. The highest BCUT2D eigenvalue weighted by Gasteiger charge is 2.32. The van der Waals surface area contributed by atoms with Gasteiger partial charge in [-0.15, -0.1) is 0 Å². The normalized spacial score (nSPS) is 19.9. The molecular weight excluding hydrogens is 284 g/mol. The summed E-state index contributed by atoms with van der Waals surface area (Å²) in [5.74, 6) is 2.61. The lowest BCUT2D eigenvalue weighted by Crippen LogP contribution is -2.34. The summed E-state index contributed by atoms with van der Waals surface area (Å²) in [6.07, 6.45) is 2.09. The molecule has 2 unspecified atom stereocenters. The molecule has 1 aliphatic heterocycles. The Morgan fingerprint density at radius 1 is 1.43 bits per heavy atom. The predicted octanol–water partition coefficient (Wildman–Crippen LogP) is 2.51. The third-order valence-electron chi connectivity index (χ3n) is 3.55. The number of nitrogens with one attached hydrogen (secondary N) is 1. The number of carbonyl (C=O) groups excluding carboxylic acids is 1. The highest BCUT2D eigenvalue weighted by molar-refractivity contribution is 7.98. The van der Waals surface area contributed by atoms with Gasteiger partial charge >= 0.3 is 0 Å². The molecule has 1 aromatic rings. The zero-order valence-electron chi connectivity index (χ0n) is 13.0. The molecule has 0 aromatic heterocycles. The van der Waals surface area contributed by atoms with Crippen LogP contribution in [0, 0.1) is 5.92 Å². The molecule has 1 amide bonds. The first-order valence-electron chi connectivity index (χ1n) is 7.40. The van der Waals surface area contributed by atoms with Gasteiger partial charge in [0.1, 0.15) is 11.9 Å². The van der Waals surface area contributed by atoms with Gasteiger partial charge in [0.25, 0.3) is 0 Å². The van der Waals surface area contributed by atoms with Crippen molar-refractivity contribution in [3.8, 4) is 5.75 Å². The standard InChI is InChI=1S/C16H24N2O2S/c1-4-20-14-7-5-13(6-8-14)16-17-9-15(19)18(16)10-12(2)11-21-3/h5-8,12,16-17H,4,9-11H2,1-3H3. The lowest BCUT2D eigenvalue weighted by Gasteiger charge is -2.27. The van der Waals surface area contributed by atoms with Crippen LogP contribution in [0.5, 0.6) is 5.75 Å². The van der Waals surface area contributed by atoms with Crippen LogP contribution in [0.1, 0.15) is 25.6 Å². The molecule has 21 heavy (non-hydrogen) atoms. The van der Waals surface area contributed by atoms with Crippen LogP contribution < -0.4 is 10.1 Å². The number of hydrogen-bond donors (Lipinski definition) is 1. The lowest BCUT2D eigenvalue weighted by atomic mass is 10.1. The smallest absolute Gasteiger partial charge is 0.238 e. The van der Waals surface area contributed by atoms with E-state index in [0.29, 0.717) is 19.1 Å². The Labute approximate surface area is 131 Å². The fourth-order valence-corrected chi connectivity index (χ4v) is 3.31. The van der Waals surface area contributed by atoms with Crippen LogP contribution in [0.2, 0.25) is 0 Å². The minimum absolute atomic E-state index is 0.0162. The van der Waals surface area contributed by atoms with E-state index in [2.05, 4.69) is 18.5 Å². The van der Waals surface area contributed by atoms with E-state index in [1.807, 2.05) is 47.9 Å². The van der Waals surface area contributed by atoms with Crippen molar-refractivity contribution in [2.24, 2.45) is 5.92 Å². The molecule has 1 aliphatic rings. The van der Waals surface area contributed by atoms with Gasteiger partial charge < -0.3 is 9.64 Å². The molecule has 2 rings (SSSR count). The average molecular weight is 308 g/mol. The molecular formula is C16H24N2O2S. The summed E-state index contributed by atoms with van der Waals surface area (Å²) in [4.78, 5) is 14.1. The van der Waals surface area contributed by atoms with Crippen LogP contribution in [0.15, 0.2) is 24.3 Å². The summed E-state index contributed by atoms with van der Waals surface area (Å²) in [5, 5.41) is 3.30. The minimum atomic E-state index is -0.0162. The maximum Gasteiger partial charge on any atom is 0.238 e. The van der Waals surface area contributed by atoms with Crippen LogP contribution in [0.25, 0.3) is 0 Å². The van der Waals surface area contributed by atoms with Gasteiger partial charge in [-0.25, -0.2) is 0 Å². The van der Waals surface area contributed by atoms with Crippen LogP contribution >= 0.6 is 11.8 Å². The quantitative estimate of drug-likeness (QED) is 0.840. The second-order valence-corrected chi connectivity index (χ2v) is 6.30. The van der Waals surface area contributed by atoms with Crippen LogP contribution in [0.4, 0.5) is 0 Å². The molecule has 0 bridgehead atoms. The Balaban J connectivity index is 2.07. The van der Waals surface area contributed by atoms with Gasteiger partial charge in [-0.05, 0) is 42.5 Å². The second kappa shape index (κ2) is 7.71. The number of benzene rings is 1. The van der Waals surface area contributed by atoms with Crippen LogP contribution in [0.3, 0.4) is 0 Å². The molecule has 1 fully saturated rings. The topological polar surface area (TPSA) is 41.6 Å². The van der Waals surface area contributed by atoms with Crippen molar-refractivity contribution in [1.29, 1.82) is 0 Å². The molecule has 1 saturated heterocycles. The van der Waals surface area contributed by atoms with Crippen molar-refractivity contribution in [3.05, 3.63) is 29.8 Å². The fourth-order valence-electron chi connectivity index (χ4n) is 2.63. The lowest BCUT2D eigenvalue weighted by molar-refractivity contribution is -0.128. The Hall–Kier alpha value is -1.20. The molecule has 0 aliphatic carbocycles. The van der Waals surface area contributed by atoms with Crippen molar-refractivity contribution in [2.45, 2.75) is 20.0 Å². The van der Waals surface area contributed by atoms with E-state index in [-0.39, 0.29) is 12.1 Å². The van der Waals surface area contributed by atoms with Crippen molar-refractivity contribution in [3.63, 3.8) is 0 Å². The highest BCUT2D eigenvalue weighted by atomic mass is 32.2. The van der Waals surface area contributed by atoms with Gasteiger partial charge in [0.05, 0.1) is 13.2 Å². The van der Waals surface area contributed by atoms with Crippen LogP contribution in [-0.2, 0) is 4.79 Å². The summed E-state index contributed by atoms with van der Waals surface area (Å²) < 4.78 is 5.46. The Kier molecular flexibility index (Phi) is 5.94. The summed E-state index contributed by atoms with van der Waals surface area (Å²) in [6.45, 7) is 6.05. The summed E-state index contributed by atoms with van der Waals surface area (Å²) >= 11 is 1.82. The number of rotatable bonds is 7. The van der Waals surface area contributed by atoms with E-state index >= 15 is 0 Å². The van der Waals surface area contributed by atoms with Crippen molar-refractivity contribution >= 4 is 17.7 Å². The molecule has 4 nitrogen and oxygen atoms in total. The Morgan fingerprint density at radius 2 is 2.14 bits per heavy atom. The van der Waals surface area contributed by atoms with Crippen molar-refractivity contribution in [1.82, 2.24) is 10.2 Å². The van der Waals surface area contributed by atoms with Gasteiger partial charge in [-0.3, -0.25) is 10.1 Å². The van der Waals surface area contributed by atoms with Gasteiger partial charge in [0, 0.05) is 6.54 Å². The van der Waals surface area contributed by atoms with E-state index < -0.39 is 0 Å². The molecule has 1 aromatic carbocycles. The summed E-state index contributed by atoms with van der Waals surface area (Å²) in [7, 11) is 0. The van der Waals surface area contributed by atoms with Crippen LogP contribution in [-0.4, -0.2) is 42.5 Å². The van der Waals surface area contributed by atoms with Gasteiger partial charge in [0.15, 0.2) is 0 Å². The number of amides is 1. The maximum atomic E-state index is 12.1. The second-order valence-electron chi connectivity index (χ2n) is 5.39. The van der Waals surface area contributed by atoms with E-state index in [4.69, 9.17) is 4.74 Å². The summed E-state index contributed by atoms with van der Waals surface area (Å²) in [5.41, 5.74) is 1.11. The maximum absolute atomic E-state index is 12.1. The molecule has 1 N–H and O–H groups in total. The molecule has 1 heterocycles. The Morgan fingerprint density at radius 3 is 2.76 bits per heavy atom. The first kappa shape index (κ1) is 16.2. The number of hydrogen-bond acceptors (Lipinski definition) is 4. The molecule has 2 atom stereocenters. The third kappa shape index (κ3) is 4.14. The zero-order chi connectivity index (χ0) is 15.2. The first-order chi connectivity index (χ1) is 10.2. The monoisotopic (exact) mass is 308 g/mol. The van der Waals surface area contributed by atoms with Crippen molar-refractivity contribution in [2.75, 3.05) is 31.7 Å². The molecule has 116 valence electrons. The number of carbonyl (C=O) groups is 1. The first-order valence-corrected chi connectivity index (χ1v) is 8.79. The number of thioether (sulfide) groups is 1. The van der Waals surface area contributed by atoms with E-state index in [1.165, 1.54) is 0 Å². The predicted molar refractivity (Wildman–Crippen MR) is 87.6 cm³/mol. The molecule has 5 heteroatoms. The fraction of sp³-hybridized carbons (Fsp3) is 0.562. The number of ether oxygens (including phenoxy) is 1. The van der Waals surface area contributed by atoms with Gasteiger partial charge in [-0.2, -0.15) is 11.8 Å². The van der Waals surface area contributed by atoms with Crippen molar-refractivity contribution < 1.29 is 9.53 Å². The van der Waals surface area contributed by atoms with Gasteiger partial charge in [0.2, 0.25) is 5.91 Å². The van der Waals surface area contributed by atoms with E-state index in [9.17, 15) is 4.79 Å². The SMILES string of the molecule is CCOc1ccc(C2NCC(=O)N2CC(C)CSC)cc1. The highest BCUT2D eigenvalue weighted by Crippen LogP contribution is 2.25. The molecule has 0 spiro atoms. The van der Waals surface area contributed by atoms with E-state index in [1.54, 1.807) is 0 Å². The minimum Gasteiger partial charge on any atom is -0.494 e. The molecule has 0 saturated carbocycles. The third-order valence-corrected chi connectivity index (χ3v) is 4.45. The van der Waals surface area contributed by atoms with E-state index in [0.717, 1.165) is 23.6 Å². The average Bonchev–Trinajstić information content (AvgIpc) is 2.82.